The van der Waals surface area contributed by atoms with Crippen LogP contribution in [0.2, 0.25) is 0 Å². The maximum absolute atomic E-state index is 7.37. The molecular weight excluding hydrogens is 138 g/mol. The van der Waals surface area contributed by atoms with Crippen molar-refractivity contribution in [2.24, 2.45) is 5.73 Å². The van der Waals surface area contributed by atoms with Crippen LogP contribution in [0.25, 0.3) is 0 Å². The number of nitrogens with two attached hydrogens (primary N) is 1. The maximum Gasteiger partial charge on any atom is 0.0434 e. The van der Waals surface area contributed by atoms with Crippen LogP contribution in [0.1, 0.15) is 24.3 Å². The van der Waals surface area contributed by atoms with Gasteiger partial charge in [0, 0.05) is 28.9 Å². The fraction of sp³-hybridized carbons (Fsp3) is 1.00. The van der Waals surface area contributed by atoms with E-state index in [1.54, 1.807) is 0 Å². The summed E-state index contributed by atoms with van der Waals surface area (Å²) < 4.78 is 57.7. The van der Waals surface area contributed by atoms with E-state index >= 15 is 0 Å². The molecule has 1 nitrogen and oxygen atoms in total. The third kappa shape index (κ3) is 6.66. The highest BCUT2D eigenvalue weighted by molar-refractivity contribution is 8.76. The summed E-state index contributed by atoms with van der Waals surface area (Å²) >= 11 is 0. The molecule has 0 aliphatic rings. The Hall–Kier alpha value is 0.660. The Bertz CT molecular complexity index is 218. The van der Waals surface area contributed by atoms with Gasteiger partial charge in [0.1, 0.15) is 0 Å². The van der Waals surface area contributed by atoms with Gasteiger partial charge in [0.05, 0.1) is 0 Å². The van der Waals surface area contributed by atoms with Crippen molar-refractivity contribution in [3.8, 4) is 0 Å². The van der Waals surface area contributed by atoms with Gasteiger partial charge in [0.15, 0.2) is 0 Å². The average molecular weight is 159 g/mol. The molecule has 0 saturated carbocycles. The molecule has 0 amide bonds. The third-order valence-corrected chi connectivity index (χ3v) is 1.61. The molecule has 0 bridgehead atoms. The second kappa shape index (κ2) is 7.66. The molecule has 0 saturated heterocycles. The van der Waals surface area contributed by atoms with Crippen LogP contribution in [-0.2, 0) is 0 Å². The van der Waals surface area contributed by atoms with Gasteiger partial charge in [-0.3, -0.25) is 0 Å². The molecule has 0 aromatic heterocycles. The van der Waals surface area contributed by atoms with E-state index in [0.717, 1.165) is 6.92 Å². The van der Waals surface area contributed by atoms with Gasteiger partial charge in [-0.2, -0.15) is 0 Å². The minimum absolute atomic E-state index is 0.254. The molecule has 0 unspecified atom stereocenters. The zero-order valence-electron chi connectivity index (χ0n) is 12.4. The largest absolute Gasteiger partial charge is 0.330 e. The van der Waals surface area contributed by atoms with Gasteiger partial charge in [0.25, 0.3) is 0 Å². The summed E-state index contributed by atoms with van der Waals surface area (Å²) in [7, 11) is 0.554. The van der Waals surface area contributed by atoms with Gasteiger partial charge in [0.2, 0.25) is 0 Å². The van der Waals surface area contributed by atoms with Crippen molar-refractivity contribution in [1.29, 1.82) is 0 Å². The first-order valence-electron chi connectivity index (χ1n) is 5.86. The van der Waals surface area contributed by atoms with Gasteiger partial charge in [-0.15, -0.1) is 0 Å². The lowest BCUT2D eigenvalue weighted by Gasteiger charge is -1.93. The van der Waals surface area contributed by atoms with E-state index in [1.165, 1.54) is 0 Å². The Morgan fingerprint density at radius 3 is 2.62 bits per heavy atom. The summed E-state index contributed by atoms with van der Waals surface area (Å²) in [6.07, 6.45) is -2.16. The van der Waals surface area contributed by atoms with Crippen molar-refractivity contribution in [1.82, 2.24) is 0 Å². The predicted molar refractivity (Wildman–Crippen MR) is 44.3 cm³/mol. The normalized spacial score (nSPS) is 31.8. The molecule has 0 aromatic carbocycles. The highest BCUT2D eigenvalue weighted by Crippen LogP contribution is 2.20. The van der Waals surface area contributed by atoms with Crippen LogP contribution in [0.3, 0.4) is 0 Å². The van der Waals surface area contributed by atoms with Crippen LogP contribution >= 0.6 is 21.6 Å². The first-order chi connectivity index (χ1) is 6.71. The molecule has 0 fully saturated rings. The maximum atomic E-state index is 7.37. The lowest BCUT2D eigenvalue weighted by atomic mass is 10.6. The van der Waals surface area contributed by atoms with E-state index in [2.05, 4.69) is 0 Å². The summed E-state index contributed by atoms with van der Waals surface area (Å²) in [5.74, 6) is 0. The molecular formula is C5H13NS2. The van der Waals surface area contributed by atoms with E-state index in [9.17, 15) is 0 Å². The van der Waals surface area contributed by atoms with Crippen molar-refractivity contribution in [2.75, 3.05) is 17.9 Å². The second-order valence-corrected chi connectivity index (χ2v) is 2.51. The standard InChI is InChI=1S/C5H13NS2/c1-2-4-7-8-5-3-6/h2-6H2,1H3/i2D2,3D2,4D2,5D2. The summed E-state index contributed by atoms with van der Waals surface area (Å²) in [6.45, 7) is -1.59. The van der Waals surface area contributed by atoms with Gasteiger partial charge >= 0.3 is 0 Å². The van der Waals surface area contributed by atoms with Crippen LogP contribution in [0, 0.1) is 0 Å². The Kier molecular flexibility index (Phi) is 1.98. The molecule has 0 rings (SSSR count). The van der Waals surface area contributed by atoms with Crippen LogP contribution in [0.4, 0.5) is 0 Å². The third-order valence-electron chi connectivity index (χ3n) is 0.286. The molecule has 0 aliphatic heterocycles. The molecule has 0 atom stereocenters. The molecule has 0 aromatic rings. The van der Waals surface area contributed by atoms with Crippen molar-refractivity contribution in [3.63, 3.8) is 0 Å². The molecule has 0 heterocycles. The second-order valence-electron chi connectivity index (χ2n) is 0.765. The van der Waals surface area contributed by atoms with Crippen LogP contribution in [-0.4, -0.2) is 17.9 Å². The van der Waals surface area contributed by atoms with Crippen LogP contribution < -0.4 is 5.73 Å². The molecule has 0 spiro atoms. The van der Waals surface area contributed by atoms with Gasteiger partial charge in [-0.05, 0) is 6.37 Å². The summed E-state index contributed by atoms with van der Waals surface area (Å²) in [5.41, 5.74) is 0.119. The van der Waals surface area contributed by atoms with Crippen LogP contribution in [0.15, 0.2) is 0 Å². The number of rotatable bonds is 5. The topological polar surface area (TPSA) is 26.0 Å². The number of hydrogen-bond acceptors (Lipinski definition) is 3. The Labute approximate surface area is 70.4 Å². The molecule has 8 heavy (non-hydrogen) atoms. The Morgan fingerprint density at radius 1 is 1.50 bits per heavy atom. The van der Waals surface area contributed by atoms with E-state index < -0.39 is 24.3 Å². The van der Waals surface area contributed by atoms with E-state index in [1.807, 2.05) is 0 Å². The molecule has 0 aliphatic carbocycles. The summed E-state index contributed by atoms with van der Waals surface area (Å²) in [4.78, 5) is 0. The molecule has 0 radical (unpaired) electrons. The highest BCUT2D eigenvalue weighted by atomic mass is 33.1. The van der Waals surface area contributed by atoms with E-state index in [-0.39, 0.29) is 10.8 Å². The lowest BCUT2D eigenvalue weighted by molar-refractivity contribution is 1.11. The molecule has 50 valence electrons. The summed E-state index contributed by atoms with van der Waals surface area (Å²) in [6, 6.07) is 0. The van der Waals surface area contributed by atoms with E-state index in [0.29, 0.717) is 10.8 Å². The lowest BCUT2D eigenvalue weighted by Crippen LogP contribution is -1.99. The monoisotopic (exact) mass is 159 g/mol. The van der Waals surface area contributed by atoms with Crippen molar-refractivity contribution < 1.29 is 11.0 Å². The van der Waals surface area contributed by atoms with Crippen molar-refractivity contribution >= 4 is 21.6 Å². The van der Waals surface area contributed by atoms with Crippen LogP contribution in [0.5, 0.6) is 0 Å². The first-order valence-corrected chi connectivity index (χ1v) is 4.01. The zero-order valence-corrected chi connectivity index (χ0v) is 6.03. The van der Waals surface area contributed by atoms with Gasteiger partial charge in [-0.1, -0.05) is 28.5 Å². The molecule has 2 N–H and O–H groups in total. The zero-order chi connectivity index (χ0) is 13.4. The Morgan fingerprint density at radius 2 is 2.12 bits per heavy atom. The van der Waals surface area contributed by atoms with Gasteiger partial charge < -0.3 is 5.73 Å². The SMILES string of the molecule is [2H]C([2H])(C)C([2H])([2H])SSC([2H])([2H])C([2H])([2H])N. The summed E-state index contributed by atoms with van der Waals surface area (Å²) in [5, 5.41) is 0. The minimum Gasteiger partial charge on any atom is -0.330 e. The quantitative estimate of drug-likeness (QED) is 0.619. The fourth-order valence-electron chi connectivity index (χ4n) is 0.107. The Balaban J connectivity index is 4.59. The minimum atomic E-state index is -2.62. The molecule has 3 heteroatoms. The predicted octanol–water partition coefficient (Wildman–Crippen LogP) is 1.74. The van der Waals surface area contributed by atoms with Crippen molar-refractivity contribution in [2.45, 2.75) is 13.3 Å². The fourth-order valence-corrected chi connectivity index (χ4v) is 0.967. The number of hydrogen-bond donors (Lipinski definition) is 1. The smallest absolute Gasteiger partial charge is 0.0434 e. The van der Waals surface area contributed by atoms with E-state index in [4.69, 9.17) is 16.7 Å². The van der Waals surface area contributed by atoms with Gasteiger partial charge in [-0.25, -0.2) is 0 Å². The average Bonchev–Trinajstić information content (AvgIpc) is 1.97. The highest BCUT2D eigenvalue weighted by Gasteiger charge is 1.83. The first kappa shape index (κ1) is 2.07. The van der Waals surface area contributed by atoms with Crippen molar-refractivity contribution in [3.05, 3.63) is 0 Å².